The van der Waals surface area contributed by atoms with E-state index in [-0.39, 0.29) is 18.2 Å². The molecule has 1 amide bonds. The maximum Gasteiger partial charge on any atom is 0.262 e. The number of aromatic nitrogens is 1. The number of fused-ring (bicyclic) bond motifs is 1. The van der Waals surface area contributed by atoms with Crippen molar-refractivity contribution in [3.8, 4) is 5.75 Å². The average Bonchev–Trinajstić information content (AvgIpc) is 3.06. The summed E-state index contributed by atoms with van der Waals surface area (Å²) in [6.07, 6.45) is 4.25. The lowest BCUT2D eigenvalue weighted by atomic mass is 10.1. The zero-order valence-corrected chi connectivity index (χ0v) is 19.4. The number of rotatable bonds is 10. The molecule has 32 heavy (non-hydrogen) atoms. The summed E-state index contributed by atoms with van der Waals surface area (Å²) < 4.78 is 7.04. The largest absolute Gasteiger partial charge is 0.497 e. The molecule has 0 saturated heterocycles. The summed E-state index contributed by atoms with van der Waals surface area (Å²) in [6, 6.07) is 12.4. The maximum absolute atomic E-state index is 13.3. The van der Waals surface area contributed by atoms with E-state index in [1.807, 2.05) is 25.1 Å². The Balaban J connectivity index is 1.87. The third-order valence-electron chi connectivity index (χ3n) is 5.63. The molecule has 0 aliphatic carbocycles. The fraction of sp³-hybridized carbons (Fsp3) is 0.360. The van der Waals surface area contributed by atoms with Gasteiger partial charge >= 0.3 is 0 Å². The molecule has 1 heterocycles. The molecule has 0 saturated carbocycles. The fourth-order valence-corrected chi connectivity index (χ4v) is 4.00. The van der Waals surface area contributed by atoms with Gasteiger partial charge in [-0.1, -0.05) is 24.4 Å². The molecule has 170 valence electrons. The molecule has 3 N–H and O–H groups in total. The van der Waals surface area contributed by atoms with Crippen LogP contribution in [0.25, 0.3) is 10.9 Å². The first-order valence-electron chi connectivity index (χ1n) is 10.9. The maximum atomic E-state index is 13.3. The minimum atomic E-state index is -0.166. The predicted octanol–water partition coefficient (Wildman–Crippen LogP) is 4.48. The van der Waals surface area contributed by atoms with Gasteiger partial charge in [0.2, 0.25) is 5.91 Å². The predicted molar refractivity (Wildman–Crippen MR) is 129 cm³/mol. The van der Waals surface area contributed by atoms with Gasteiger partial charge in [-0.15, -0.1) is 0 Å². The highest BCUT2D eigenvalue weighted by Crippen LogP contribution is 2.30. The van der Waals surface area contributed by atoms with Crippen LogP contribution in [0.4, 0.5) is 0 Å². The van der Waals surface area contributed by atoms with Crippen molar-refractivity contribution in [3.63, 3.8) is 0 Å². The van der Waals surface area contributed by atoms with Crippen molar-refractivity contribution in [1.29, 1.82) is 0 Å². The Bertz CT molecular complexity index is 1090. The second-order valence-electron chi connectivity index (χ2n) is 7.82. The van der Waals surface area contributed by atoms with E-state index in [0.717, 1.165) is 47.8 Å². The van der Waals surface area contributed by atoms with Crippen molar-refractivity contribution >= 4 is 34.3 Å². The zero-order valence-electron chi connectivity index (χ0n) is 18.6. The summed E-state index contributed by atoms with van der Waals surface area (Å²) in [6.45, 7) is 3.21. The van der Waals surface area contributed by atoms with Crippen LogP contribution in [0.3, 0.4) is 0 Å². The number of hydrogen-bond acceptors (Lipinski definition) is 4. The lowest BCUT2D eigenvalue weighted by Gasteiger charge is -2.08. The fourth-order valence-electron chi connectivity index (χ4n) is 3.87. The van der Waals surface area contributed by atoms with E-state index in [0.29, 0.717) is 29.4 Å². The summed E-state index contributed by atoms with van der Waals surface area (Å²) in [4.78, 5) is 26.0. The number of nitrogens with zero attached hydrogens (tertiary/aromatic N) is 1. The Labute approximate surface area is 193 Å². The number of methoxy groups -OCH3 is 1. The van der Waals surface area contributed by atoms with Crippen LogP contribution in [0.15, 0.2) is 42.5 Å². The van der Waals surface area contributed by atoms with Crippen LogP contribution in [0.2, 0.25) is 5.02 Å². The average molecular weight is 456 g/mol. The van der Waals surface area contributed by atoms with Crippen molar-refractivity contribution in [2.45, 2.75) is 39.0 Å². The number of unbranched alkanes of at least 4 members (excludes halogenated alkanes) is 3. The van der Waals surface area contributed by atoms with Crippen LogP contribution < -0.4 is 15.8 Å². The molecule has 3 rings (SSSR count). The number of amides is 1. The van der Waals surface area contributed by atoms with Crippen molar-refractivity contribution in [1.82, 2.24) is 9.88 Å². The van der Waals surface area contributed by atoms with Gasteiger partial charge in [0.15, 0.2) is 0 Å². The lowest BCUT2D eigenvalue weighted by Crippen LogP contribution is -2.26. The Kier molecular flexibility index (Phi) is 8.31. The Morgan fingerprint density at radius 3 is 2.47 bits per heavy atom. The van der Waals surface area contributed by atoms with Crippen molar-refractivity contribution < 1.29 is 14.3 Å². The van der Waals surface area contributed by atoms with Crippen molar-refractivity contribution in [2.75, 3.05) is 20.2 Å². The third kappa shape index (κ3) is 5.50. The van der Waals surface area contributed by atoms with E-state index in [9.17, 15) is 9.59 Å². The number of carbonyl (C=O) groups is 2. The Morgan fingerprint density at radius 2 is 1.78 bits per heavy atom. The molecule has 0 fully saturated rings. The Hall–Kier alpha value is -2.83. The molecule has 0 spiro atoms. The minimum absolute atomic E-state index is 0.0623. The highest BCUT2D eigenvalue weighted by molar-refractivity contribution is 6.30. The molecular weight excluding hydrogens is 426 g/mol. The molecular formula is C25H30ClN3O3. The first kappa shape index (κ1) is 23.8. The lowest BCUT2D eigenvalue weighted by molar-refractivity contribution is -0.120. The minimum Gasteiger partial charge on any atom is -0.497 e. The molecule has 0 unspecified atom stereocenters. The van der Waals surface area contributed by atoms with E-state index in [1.54, 1.807) is 35.9 Å². The first-order chi connectivity index (χ1) is 15.5. The first-order valence-corrected chi connectivity index (χ1v) is 11.3. The van der Waals surface area contributed by atoms with E-state index < -0.39 is 0 Å². The van der Waals surface area contributed by atoms with Crippen LogP contribution in [0.5, 0.6) is 5.75 Å². The molecule has 6 nitrogen and oxygen atoms in total. The monoisotopic (exact) mass is 455 g/mol. The quantitative estimate of drug-likeness (QED) is 0.441. The summed E-state index contributed by atoms with van der Waals surface area (Å²) in [5.41, 5.74) is 8.35. The summed E-state index contributed by atoms with van der Waals surface area (Å²) in [7, 11) is 1.60. The van der Waals surface area contributed by atoms with E-state index in [2.05, 4.69) is 5.32 Å². The number of benzene rings is 2. The zero-order chi connectivity index (χ0) is 23.1. The van der Waals surface area contributed by atoms with Gasteiger partial charge in [-0.25, -0.2) is 0 Å². The summed E-state index contributed by atoms with van der Waals surface area (Å²) >= 11 is 5.98. The van der Waals surface area contributed by atoms with Crippen LogP contribution >= 0.6 is 11.6 Å². The molecule has 0 bridgehead atoms. The van der Waals surface area contributed by atoms with E-state index in [4.69, 9.17) is 22.1 Å². The number of halogens is 1. The molecule has 7 heteroatoms. The molecule has 0 aliphatic heterocycles. The van der Waals surface area contributed by atoms with Gasteiger partial charge in [0.25, 0.3) is 5.91 Å². The van der Waals surface area contributed by atoms with Gasteiger partial charge in [-0.3, -0.25) is 14.2 Å². The number of hydrogen-bond donors (Lipinski definition) is 2. The second kappa shape index (κ2) is 11.2. The summed E-state index contributed by atoms with van der Waals surface area (Å²) in [5, 5.41) is 4.40. The SMILES string of the molecule is COc1ccc2c(c1)c(CC(=O)NCCCCCCN)c(C)n2C(=O)c1ccc(Cl)cc1. The summed E-state index contributed by atoms with van der Waals surface area (Å²) in [5.74, 6) is 0.448. The third-order valence-corrected chi connectivity index (χ3v) is 5.88. The van der Waals surface area contributed by atoms with Gasteiger partial charge in [0, 0.05) is 28.2 Å². The number of nitrogens with one attached hydrogen (secondary N) is 1. The topological polar surface area (TPSA) is 86.3 Å². The van der Waals surface area contributed by atoms with Gasteiger partial charge < -0.3 is 15.8 Å². The van der Waals surface area contributed by atoms with Gasteiger partial charge in [0.05, 0.1) is 19.0 Å². The molecule has 1 aromatic heterocycles. The van der Waals surface area contributed by atoms with Gasteiger partial charge in [-0.2, -0.15) is 0 Å². The highest BCUT2D eigenvalue weighted by atomic mass is 35.5. The molecule has 3 aromatic rings. The number of carbonyl (C=O) groups excluding carboxylic acids is 2. The van der Waals surface area contributed by atoms with E-state index in [1.165, 1.54) is 0 Å². The highest BCUT2D eigenvalue weighted by Gasteiger charge is 2.22. The standard InChI is InChI=1S/C25H30ClN3O3/c1-17-21(16-24(30)28-14-6-4-3-5-13-27)22-15-20(32-2)11-12-23(22)29(17)25(31)18-7-9-19(26)10-8-18/h7-12,15H,3-6,13-14,16,27H2,1-2H3,(H,28,30). The van der Waals surface area contributed by atoms with Crippen LogP contribution in [-0.2, 0) is 11.2 Å². The normalized spacial score (nSPS) is 11.0. The van der Waals surface area contributed by atoms with Gasteiger partial charge in [0.1, 0.15) is 5.75 Å². The van der Waals surface area contributed by atoms with Crippen molar-refractivity contribution in [3.05, 3.63) is 64.3 Å². The smallest absolute Gasteiger partial charge is 0.262 e. The molecule has 0 aliphatic rings. The Morgan fingerprint density at radius 1 is 1.06 bits per heavy atom. The van der Waals surface area contributed by atoms with Gasteiger partial charge in [-0.05, 0) is 74.3 Å². The molecule has 0 radical (unpaired) electrons. The molecule has 2 aromatic carbocycles. The van der Waals surface area contributed by atoms with Crippen molar-refractivity contribution in [2.24, 2.45) is 5.73 Å². The van der Waals surface area contributed by atoms with Crippen LogP contribution in [0, 0.1) is 6.92 Å². The second-order valence-corrected chi connectivity index (χ2v) is 8.26. The number of ether oxygens (including phenoxy) is 1. The van der Waals surface area contributed by atoms with Crippen LogP contribution in [-0.4, -0.2) is 36.6 Å². The van der Waals surface area contributed by atoms with E-state index >= 15 is 0 Å². The number of nitrogens with two attached hydrogens (primary N) is 1. The van der Waals surface area contributed by atoms with Crippen LogP contribution in [0.1, 0.15) is 47.3 Å². The molecule has 0 atom stereocenters.